The molecule has 0 spiro atoms. The van der Waals surface area contributed by atoms with E-state index in [0.29, 0.717) is 36.7 Å². The van der Waals surface area contributed by atoms with Crippen molar-refractivity contribution in [2.45, 2.75) is 56.8 Å². The van der Waals surface area contributed by atoms with Crippen LogP contribution in [0.5, 0.6) is 0 Å². The van der Waals surface area contributed by atoms with Gasteiger partial charge in [-0.15, -0.1) is 0 Å². The van der Waals surface area contributed by atoms with Crippen molar-refractivity contribution in [2.24, 2.45) is 5.92 Å². The third-order valence-electron chi connectivity index (χ3n) is 5.92. The van der Waals surface area contributed by atoms with Crippen LogP contribution in [0.15, 0.2) is 29.2 Å². The highest BCUT2D eigenvalue weighted by Crippen LogP contribution is 2.27. The third-order valence-corrected chi connectivity index (χ3v) is 7.83. The summed E-state index contributed by atoms with van der Waals surface area (Å²) in [4.78, 5) is 14.8. The van der Waals surface area contributed by atoms with Crippen molar-refractivity contribution in [1.82, 2.24) is 9.21 Å². The van der Waals surface area contributed by atoms with Gasteiger partial charge in [-0.1, -0.05) is 26.0 Å². The van der Waals surface area contributed by atoms with Crippen molar-refractivity contribution in [3.63, 3.8) is 0 Å². The third kappa shape index (κ3) is 3.96. The van der Waals surface area contributed by atoms with Gasteiger partial charge in [0, 0.05) is 32.1 Å². The molecule has 1 amide bonds. The van der Waals surface area contributed by atoms with Gasteiger partial charge in [-0.05, 0) is 55.7 Å². The first-order valence-electron chi connectivity index (χ1n) is 9.82. The Hall–Kier alpha value is -1.40. The summed E-state index contributed by atoms with van der Waals surface area (Å²) in [7, 11) is -3.47. The number of sulfonamides is 1. The number of benzene rings is 1. The number of piperidine rings is 1. The molecule has 1 aromatic carbocycles. The van der Waals surface area contributed by atoms with E-state index in [1.165, 1.54) is 5.56 Å². The summed E-state index contributed by atoms with van der Waals surface area (Å²) in [5.74, 6) is 0.629. The van der Waals surface area contributed by atoms with Crippen LogP contribution in [-0.4, -0.2) is 49.7 Å². The Morgan fingerprint density at radius 3 is 2.19 bits per heavy atom. The van der Waals surface area contributed by atoms with E-state index in [2.05, 4.69) is 13.8 Å². The second-order valence-corrected chi connectivity index (χ2v) is 9.53. The molecule has 0 radical (unpaired) electrons. The fraction of sp³-hybridized carbons (Fsp3) is 0.650. The van der Waals surface area contributed by atoms with Gasteiger partial charge < -0.3 is 4.90 Å². The van der Waals surface area contributed by atoms with Crippen LogP contribution in [0.1, 0.15) is 57.4 Å². The van der Waals surface area contributed by atoms with Crippen molar-refractivity contribution in [1.29, 1.82) is 0 Å². The first kappa shape index (κ1) is 19.4. The van der Waals surface area contributed by atoms with E-state index in [9.17, 15) is 13.2 Å². The Bertz CT molecular complexity index is 716. The number of amides is 1. The van der Waals surface area contributed by atoms with Gasteiger partial charge in [0.15, 0.2) is 0 Å². The predicted molar refractivity (Wildman–Crippen MR) is 102 cm³/mol. The predicted octanol–water partition coefficient (Wildman–Crippen LogP) is 3.22. The second kappa shape index (κ2) is 8.09. The Balaban J connectivity index is 1.63. The van der Waals surface area contributed by atoms with E-state index in [-0.39, 0.29) is 11.8 Å². The molecule has 1 aromatic rings. The van der Waals surface area contributed by atoms with E-state index < -0.39 is 10.0 Å². The van der Waals surface area contributed by atoms with E-state index in [1.807, 2.05) is 17.0 Å². The number of nitrogens with zero attached hydrogens (tertiary/aromatic N) is 2. The number of carbonyl (C=O) groups excluding carboxylic acids is 1. The topological polar surface area (TPSA) is 57.7 Å². The molecule has 144 valence electrons. The van der Waals surface area contributed by atoms with E-state index in [0.717, 1.165) is 32.4 Å². The molecule has 0 saturated carbocycles. The van der Waals surface area contributed by atoms with Gasteiger partial charge in [0.1, 0.15) is 0 Å². The molecule has 0 aliphatic carbocycles. The molecule has 2 aliphatic rings. The lowest BCUT2D eigenvalue weighted by atomic mass is 9.97. The van der Waals surface area contributed by atoms with Crippen molar-refractivity contribution in [2.75, 3.05) is 26.2 Å². The Morgan fingerprint density at radius 2 is 1.65 bits per heavy atom. The van der Waals surface area contributed by atoms with Crippen LogP contribution in [0.2, 0.25) is 0 Å². The molecule has 5 nitrogen and oxygen atoms in total. The summed E-state index contributed by atoms with van der Waals surface area (Å²) in [6, 6.07) is 7.28. The minimum Gasteiger partial charge on any atom is -0.342 e. The summed E-state index contributed by atoms with van der Waals surface area (Å²) < 4.78 is 27.3. The quantitative estimate of drug-likeness (QED) is 0.790. The minimum absolute atomic E-state index is 0.0210. The molecule has 2 fully saturated rings. The molecule has 2 aliphatic heterocycles. The zero-order valence-electron chi connectivity index (χ0n) is 15.9. The van der Waals surface area contributed by atoms with Crippen LogP contribution >= 0.6 is 0 Å². The Kier molecular flexibility index (Phi) is 6.03. The van der Waals surface area contributed by atoms with Crippen LogP contribution in [0, 0.1) is 5.92 Å². The Morgan fingerprint density at radius 1 is 1.08 bits per heavy atom. The molecule has 2 heterocycles. The van der Waals surface area contributed by atoms with Crippen molar-refractivity contribution in [3.05, 3.63) is 29.8 Å². The molecule has 3 rings (SSSR count). The monoisotopic (exact) mass is 378 g/mol. The standard InChI is InChI=1S/C20H30N2O3S/c1-3-16(2)17-6-8-19(9-7-17)26(24,25)22-14-10-18(11-15-22)20(23)21-12-4-5-13-21/h6-9,16,18H,3-5,10-15H2,1-2H3. The van der Waals surface area contributed by atoms with Crippen LogP contribution in [0.25, 0.3) is 0 Å². The molecule has 6 heteroatoms. The van der Waals surface area contributed by atoms with E-state index in [1.54, 1.807) is 16.4 Å². The van der Waals surface area contributed by atoms with Gasteiger partial charge in [-0.3, -0.25) is 4.79 Å². The van der Waals surface area contributed by atoms with Crippen LogP contribution in [-0.2, 0) is 14.8 Å². The maximum atomic E-state index is 12.9. The summed E-state index contributed by atoms with van der Waals surface area (Å²) in [6.07, 6.45) is 4.46. The van der Waals surface area contributed by atoms with Gasteiger partial charge in [-0.2, -0.15) is 4.31 Å². The van der Waals surface area contributed by atoms with Crippen molar-refractivity contribution < 1.29 is 13.2 Å². The van der Waals surface area contributed by atoms with Crippen molar-refractivity contribution in [3.8, 4) is 0 Å². The normalized spacial score (nSPS) is 21.1. The molecule has 1 unspecified atom stereocenters. The average molecular weight is 379 g/mol. The molecule has 1 atom stereocenters. The molecule has 0 aromatic heterocycles. The van der Waals surface area contributed by atoms with Gasteiger partial charge >= 0.3 is 0 Å². The summed E-state index contributed by atoms with van der Waals surface area (Å²) >= 11 is 0. The highest BCUT2D eigenvalue weighted by molar-refractivity contribution is 7.89. The zero-order valence-corrected chi connectivity index (χ0v) is 16.7. The SMILES string of the molecule is CCC(C)c1ccc(S(=O)(=O)N2CCC(C(=O)N3CCCC3)CC2)cc1. The highest BCUT2D eigenvalue weighted by Gasteiger charge is 2.34. The van der Waals surface area contributed by atoms with Crippen LogP contribution in [0.3, 0.4) is 0 Å². The minimum atomic E-state index is -3.47. The number of likely N-dealkylation sites (tertiary alicyclic amines) is 1. The number of carbonyl (C=O) groups is 1. The van der Waals surface area contributed by atoms with E-state index >= 15 is 0 Å². The maximum Gasteiger partial charge on any atom is 0.243 e. The molecular weight excluding hydrogens is 348 g/mol. The van der Waals surface area contributed by atoms with Gasteiger partial charge in [-0.25, -0.2) is 8.42 Å². The molecule has 26 heavy (non-hydrogen) atoms. The lowest BCUT2D eigenvalue weighted by Crippen LogP contribution is -2.43. The molecule has 0 bridgehead atoms. The maximum absolute atomic E-state index is 12.9. The summed E-state index contributed by atoms with van der Waals surface area (Å²) in [6.45, 7) is 6.85. The summed E-state index contributed by atoms with van der Waals surface area (Å²) in [5, 5.41) is 0. The van der Waals surface area contributed by atoms with Gasteiger partial charge in [0.25, 0.3) is 0 Å². The zero-order chi connectivity index (χ0) is 18.7. The van der Waals surface area contributed by atoms with Crippen molar-refractivity contribution >= 4 is 15.9 Å². The first-order chi connectivity index (χ1) is 12.4. The number of rotatable bonds is 5. The number of hydrogen-bond donors (Lipinski definition) is 0. The summed E-state index contributed by atoms with van der Waals surface area (Å²) in [5.41, 5.74) is 1.17. The smallest absolute Gasteiger partial charge is 0.243 e. The molecular formula is C20H30N2O3S. The lowest BCUT2D eigenvalue weighted by molar-refractivity contribution is -0.135. The van der Waals surface area contributed by atoms with Gasteiger partial charge in [0.05, 0.1) is 4.90 Å². The molecule has 2 saturated heterocycles. The number of hydrogen-bond acceptors (Lipinski definition) is 3. The second-order valence-electron chi connectivity index (χ2n) is 7.59. The largest absolute Gasteiger partial charge is 0.342 e. The lowest BCUT2D eigenvalue weighted by Gasteiger charge is -2.32. The molecule has 0 N–H and O–H groups in total. The first-order valence-corrected chi connectivity index (χ1v) is 11.3. The Labute approximate surface area is 157 Å². The van der Waals surface area contributed by atoms with Crippen LogP contribution < -0.4 is 0 Å². The highest BCUT2D eigenvalue weighted by atomic mass is 32.2. The van der Waals surface area contributed by atoms with E-state index in [4.69, 9.17) is 0 Å². The fourth-order valence-corrected chi connectivity index (χ4v) is 5.36. The fourth-order valence-electron chi connectivity index (χ4n) is 3.89. The average Bonchev–Trinajstić information content (AvgIpc) is 3.21. The van der Waals surface area contributed by atoms with Gasteiger partial charge in [0.2, 0.25) is 15.9 Å². The van der Waals surface area contributed by atoms with Crippen LogP contribution in [0.4, 0.5) is 0 Å².